The number of aryl methyl sites for hydroxylation is 1. The van der Waals surface area contributed by atoms with Crippen molar-refractivity contribution in [3.8, 4) is 0 Å². The maximum absolute atomic E-state index is 10.2. The number of aliphatic hydroxyl groups excluding tert-OH is 3. The average molecular weight is 279 g/mol. The third-order valence-corrected chi connectivity index (χ3v) is 4.02. The summed E-state index contributed by atoms with van der Waals surface area (Å²) in [5.41, 5.74) is 6.79. The first-order valence-corrected chi connectivity index (χ1v) is 6.46. The standard InChI is InChI=1S/C12H17N5O3/c1-5-16-8-11(13)14-4-15-12(8)17(5)7-2-6(3-18)9(19)10(7)20/h4,6-7,9-10,18-20H,2-3H2,1H3,(H2,13,14,15)/t6-,7-,9-,10+/m1/s1. The molecule has 2 aromatic heterocycles. The van der Waals surface area contributed by atoms with Gasteiger partial charge in [-0.1, -0.05) is 0 Å². The Morgan fingerprint density at radius 3 is 2.75 bits per heavy atom. The van der Waals surface area contributed by atoms with Crippen molar-refractivity contribution >= 4 is 17.0 Å². The molecular weight excluding hydrogens is 262 g/mol. The second-order valence-electron chi connectivity index (χ2n) is 5.19. The molecule has 1 aliphatic rings. The first-order chi connectivity index (χ1) is 9.54. The molecule has 1 fully saturated rings. The van der Waals surface area contributed by atoms with E-state index >= 15 is 0 Å². The van der Waals surface area contributed by atoms with E-state index in [9.17, 15) is 15.3 Å². The van der Waals surface area contributed by atoms with Gasteiger partial charge in [-0.3, -0.25) is 0 Å². The van der Waals surface area contributed by atoms with Crippen LogP contribution in [-0.4, -0.2) is 53.7 Å². The van der Waals surface area contributed by atoms with E-state index in [1.165, 1.54) is 6.33 Å². The van der Waals surface area contributed by atoms with E-state index < -0.39 is 12.2 Å². The highest BCUT2D eigenvalue weighted by Gasteiger charge is 2.43. The smallest absolute Gasteiger partial charge is 0.165 e. The highest BCUT2D eigenvalue weighted by atomic mass is 16.3. The number of anilines is 1. The summed E-state index contributed by atoms with van der Waals surface area (Å²) in [6, 6.07) is -0.388. The Morgan fingerprint density at radius 1 is 1.35 bits per heavy atom. The molecule has 4 atom stereocenters. The fraction of sp³-hybridized carbons (Fsp3) is 0.583. The lowest BCUT2D eigenvalue weighted by Gasteiger charge is -2.19. The van der Waals surface area contributed by atoms with Gasteiger partial charge in [-0.2, -0.15) is 0 Å². The number of fused-ring (bicyclic) bond motifs is 1. The Hall–Kier alpha value is -1.77. The zero-order valence-electron chi connectivity index (χ0n) is 11.0. The van der Waals surface area contributed by atoms with E-state index in [1.807, 2.05) is 0 Å². The summed E-state index contributed by atoms with van der Waals surface area (Å²) in [5.74, 6) is 0.566. The molecule has 0 aromatic carbocycles. The van der Waals surface area contributed by atoms with Crippen LogP contribution in [-0.2, 0) is 0 Å². The SMILES string of the molecule is Cc1nc2c(N)ncnc2n1[C@@H]1C[C@H](CO)[C@@H](O)[C@H]1O. The third kappa shape index (κ3) is 1.76. The molecule has 0 saturated heterocycles. The van der Waals surface area contributed by atoms with Crippen molar-refractivity contribution in [3.05, 3.63) is 12.2 Å². The van der Waals surface area contributed by atoms with Crippen LogP contribution < -0.4 is 5.73 Å². The molecular formula is C12H17N5O3. The summed E-state index contributed by atoms with van der Waals surface area (Å²) < 4.78 is 1.76. The van der Waals surface area contributed by atoms with Crippen LogP contribution in [0.2, 0.25) is 0 Å². The predicted molar refractivity (Wildman–Crippen MR) is 70.7 cm³/mol. The van der Waals surface area contributed by atoms with Gasteiger partial charge in [0, 0.05) is 12.5 Å². The molecule has 8 heteroatoms. The van der Waals surface area contributed by atoms with Gasteiger partial charge >= 0.3 is 0 Å². The summed E-state index contributed by atoms with van der Waals surface area (Å²) in [7, 11) is 0. The molecule has 8 nitrogen and oxygen atoms in total. The van der Waals surface area contributed by atoms with Gasteiger partial charge in [-0.15, -0.1) is 0 Å². The van der Waals surface area contributed by atoms with Gasteiger partial charge in [-0.25, -0.2) is 15.0 Å². The first kappa shape index (κ1) is 13.2. The van der Waals surface area contributed by atoms with Gasteiger partial charge in [0.2, 0.25) is 0 Å². The molecule has 0 amide bonds. The molecule has 108 valence electrons. The predicted octanol–water partition coefficient (Wildman–Crippen LogP) is -1.01. The van der Waals surface area contributed by atoms with Crippen molar-refractivity contribution in [2.75, 3.05) is 12.3 Å². The fourth-order valence-electron chi connectivity index (χ4n) is 2.97. The lowest BCUT2D eigenvalue weighted by molar-refractivity contribution is -0.00388. The Bertz CT molecular complexity index is 643. The molecule has 0 spiro atoms. The van der Waals surface area contributed by atoms with Crippen molar-refractivity contribution in [1.29, 1.82) is 0 Å². The van der Waals surface area contributed by atoms with Crippen LogP contribution in [0.15, 0.2) is 6.33 Å². The Labute approximate surface area is 114 Å². The molecule has 2 aromatic rings. The fourth-order valence-corrected chi connectivity index (χ4v) is 2.97. The van der Waals surface area contributed by atoms with Crippen LogP contribution in [0.3, 0.4) is 0 Å². The maximum Gasteiger partial charge on any atom is 0.165 e. The maximum atomic E-state index is 10.2. The molecule has 1 saturated carbocycles. The van der Waals surface area contributed by atoms with E-state index in [-0.39, 0.29) is 24.4 Å². The van der Waals surface area contributed by atoms with Crippen molar-refractivity contribution < 1.29 is 15.3 Å². The van der Waals surface area contributed by atoms with E-state index in [2.05, 4.69) is 15.0 Å². The van der Waals surface area contributed by atoms with Gasteiger partial charge in [-0.05, 0) is 13.3 Å². The number of nitrogens with zero attached hydrogens (tertiary/aromatic N) is 4. The number of nitrogen functional groups attached to an aromatic ring is 1. The molecule has 1 aliphatic carbocycles. The molecule has 0 unspecified atom stereocenters. The lowest BCUT2D eigenvalue weighted by atomic mass is 10.1. The molecule has 3 rings (SSSR count). The zero-order chi connectivity index (χ0) is 14.4. The molecule has 0 radical (unpaired) electrons. The Kier molecular flexibility index (Phi) is 3.08. The Morgan fingerprint density at radius 2 is 2.10 bits per heavy atom. The molecule has 0 aliphatic heterocycles. The van der Waals surface area contributed by atoms with E-state index in [0.717, 1.165) is 0 Å². The molecule has 0 bridgehead atoms. The molecule has 5 N–H and O–H groups in total. The number of rotatable bonds is 2. The topological polar surface area (TPSA) is 130 Å². The minimum absolute atomic E-state index is 0.169. The lowest BCUT2D eigenvalue weighted by Crippen LogP contribution is -2.30. The van der Waals surface area contributed by atoms with Gasteiger partial charge in [0.05, 0.1) is 12.1 Å². The zero-order valence-corrected chi connectivity index (χ0v) is 11.0. The number of nitrogens with two attached hydrogens (primary N) is 1. The van der Waals surface area contributed by atoms with Crippen molar-refractivity contribution in [1.82, 2.24) is 19.5 Å². The second kappa shape index (κ2) is 4.65. The second-order valence-corrected chi connectivity index (χ2v) is 5.19. The minimum Gasteiger partial charge on any atom is -0.396 e. The third-order valence-electron chi connectivity index (χ3n) is 4.02. The van der Waals surface area contributed by atoms with Crippen molar-refractivity contribution in [2.24, 2.45) is 5.92 Å². The summed E-state index contributed by atoms with van der Waals surface area (Å²) in [4.78, 5) is 12.4. The van der Waals surface area contributed by atoms with Crippen molar-refractivity contribution in [2.45, 2.75) is 31.6 Å². The average Bonchev–Trinajstić information content (AvgIpc) is 2.90. The van der Waals surface area contributed by atoms with Gasteiger partial charge in [0.25, 0.3) is 0 Å². The van der Waals surface area contributed by atoms with Crippen LogP contribution in [0.25, 0.3) is 11.2 Å². The van der Waals surface area contributed by atoms with Crippen LogP contribution in [0, 0.1) is 12.8 Å². The number of hydrogen-bond donors (Lipinski definition) is 4. The number of aliphatic hydroxyl groups is 3. The van der Waals surface area contributed by atoms with Crippen LogP contribution >= 0.6 is 0 Å². The van der Waals surface area contributed by atoms with E-state index in [1.54, 1.807) is 11.5 Å². The van der Waals surface area contributed by atoms with Gasteiger partial charge in [0.15, 0.2) is 17.0 Å². The largest absolute Gasteiger partial charge is 0.396 e. The summed E-state index contributed by atoms with van der Waals surface area (Å²) in [5, 5.41) is 29.4. The monoisotopic (exact) mass is 279 g/mol. The van der Waals surface area contributed by atoms with Gasteiger partial charge in [0.1, 0.15) is 18.3 Å². The summed E-state index contributed by atoms with van der Waals surface area (Å²) in [6.45, 7) is 1.62. The number of hydrogen-bond acceptors (Lipinski definition) is 7. The Balaban J connectivity index is 2.11. The number of aromatic nitrogens is 4. The highest BCUT2D eigenvalue weighted by molar-refractivity contribution is 5.81. The van der Waals surface area contributed by atoms with Crippen LogP contribution in [0.5, 0.6) is 0 Å². The highest BCUT2D eigenvalue weighted by Crippen LogP contribution is 2.37. The van der Waals surface area contributed by atoms with Crippen molar-refractivity contribution in [3.63, 3.8) is 0 Å². The van der Waals surface area contributed by atoms with Crippen LogP contribution in [0.4, 0.5) is 5.82 Å². The minimum atomic E-state index is -0.973. The van der Waals surface area contributed by atoms with E-state index in [0.29, 0.717) is 23.4 Å². The first-order valence-electron chi connectivity index (χ1n) is 6.46. The quantitative estimate of drug-likeness (QED) is 0.554. The molecule has 2 heterocycles. The van der Waals surface area contributed by atoms with Crippen LogP contribution in [0.1, 0.15) is 18.3 Å². The summed E-state index contributed by atoms with van der Waals surface area (Å²) >= 11 is 0. The number of imidazole rings is 1. The molecule has 20 heavy (non-hydrogen) atoms. The van der Waals surface area contributed by atoms with E-state index in [4.69, 9.17) is 5.73 Å². The summed E-state index contributed by atoms with van der Waals surface area (Å²) in [6.07, 6.45) is -0.133. The van der Waals surface area contributed by atoms with Gasteiger partial charge < -0.3 is 25.6 Å². The normalized spacial score (nSPS) is 30.2.